The zero-order chi connectivity index (χ0) is 12.3. The lowest BCUT2D eigenvalue weighted by Gasteiger charge is -2.08. The third-order valence-electron chi connectivity index (χ3n) is 2.11. The van der Waals surface area contributed by atoms with Crippen LogP contribution in [0.25, 0.3) is 0 Å². The molecule has 0 saturated carbocycles. The summed E-state index contributed by atoms with van der Waals surface area (Å²) in [5, 5.41) is 11.3. The molecule has 0 bridgehead atoms. The Labute approximate surface area is 104 Å². The van der Waals surface area contributed by atoms with Crippen LogP contribution in [-0.4, -0.2) is 17.3 Å². The van der Waals surface area contributed by atoms with E-state index in [2.05, 4.69) is 15.5 Å². The molecule has 2 aromatic rings. The van der Waals surface area contributed by atoms with Crippen molar-refractivity contribution in [1.29, 1.82) is 0 Å². The summed E-state index contributed by atoms with van der Waals surface area (Å²) in [6.45, 7) is 0. The predicted octanol–water partition coefficient (Wildman–Crippen LogP) is 2.46. The molecule has 0 fully saturated rings. The van der Waals surface area contributed by atoms with Gasteiger partial charge in [0.2, 0.25) is 0 Å². The smallest absolute Gasteiger partial charge is 0.153 e. The van der Waals surface area contributed by atoms with Gasteiger partial charge in [0.1, 0.15) is 11.6 Å². The highest BCUT2D eigenvalue weighted by molar-refractivity contribution is 6.32. The van der Waals surface area contributed by atoms with Gasteiger partial charge in [-0.25, -0.2) is 0 Å². The minimum Gasteiger partial charge on any atom is -0.495 e. The standard InChI is InChI=1S/C11H11ClN4O/c1-17-9-6-7(2-3-8(9)12)14-11-5-4-10(13)15-16-11/h2-6H,1H3,(H2,13,15)(H,14,16). The average molecular weight is 251 g/mol. The SMILES string of the molecule is COc1cc(Nc2ccc(N)nn2)ccc1Cl. The molecule has 0 amide bonds. The van der Waals surface area contributed by atoms with Crippen molar-refractivity contribution in [2.75, 3.05) is 18.2 Å². The molecule has 0 aliphatic rings. The molecule has 0 radical (unpaired) electrons. The van der Waals surface area contributed by atoms with Gasteiger partial charge in [0.05, 0.1) is 12.1 Å². The molecule has 0 saturated heterocycles. The van der Waals surface area contributed by atoms with Gasteiger partial charge in [0, 0.05) is 11.8 Å². The van der Waals surface area contributed by atoms with Crippen LogP contribution in [0.3, 0.4) is 0 Å². The van der Waals surface area contributed by atoms with Crippen LogP contribution in [0.1, 0.15) is 0 Å². The van der Waals surface area contributed by atoms with Crippen LogP contribution in [0.2, 0.25) is 5.02 Å². The first-order chi connectivity index (χ1) is 8.19. The van der Waals surface area contributed by atoms with E-state index in [1.54, 1.807) is 31.4 Å². The van der Waals surface area contributed by atoms with Crippen LogP contribution in [0.4, 0.5) is 17.3 Å². The Bertz CT molecular complexity index is 515. The molecular weight excluding hydrogens is 240 g/mol. The molecule has 0 aliphatic heterocycles. The zero-order valence-corrected chi connectivity index (χ0v) is 9.90. The fourth-order valence-corrected chi connectivity index (χ4v) is 1.49. The van der Waals surface area contributed by atoms with E-state index in [1.165, 1.54) is 0 Å². The molecule has 88 valence electrons. The number of nitrogen functional groups attached to an aromatic ring is 1. The van der Waals surface area contributed by atoms with Crippen molar-refractivity contribution in [2.24, 2.45) is 0 Å². The highest BCUT2D eigenvalue weighted by atomic mass is 35.5. The molecule has 1 aromatic carbocycles. The van der Waals surface area contributed by atoms with Crippen LogP contribution in [-0.2, 0) is 0 Å². The van der Waals surface area contributed by atoms with Crippen LogP contribution < -0.4 is 15.8 Å². The Morgan fingerprint density at radius 2 is 2.06 bits per heavy atom. The van der Waals surface area contributed by atoms with Gasteiger partial charge in [-0.2, -0.15) is 0 Å². The number of ether oxygens (including phenoxy) is 1. The minimum absolute atomic E-state index is 0.379. The predicted molar refractivity (Wildman–Crippen MR) is 67.7 cm³/mol. The van der Waals surface area contributed by atoms with Crippen LogP contribution in [0, 0.1) is 0 Å². The molecule has 6 heteroatoms. The van der Waals surface area contributed by atoms with Crippen LogP contribution in [0.5, 0.6) is 5.75 Å². The van der Waals surface area contributed by atoms with Crippen molar-refractivity contribution in [3.8, 4) is 5.75 Å². The number of nitrogens with two attached hydrogens (primary N) is 1. The number of halogens is 1. The molecule has 1 heterocycles. The molecule has 0 unspecified atom stereocenters. The second-order valence-corrected chi connectivity index (χ2v) is 3.72. The van der Waals surface area contributed by atoms with Crippen LogP contribution in [0.15, 0.2) is 30.3 Å². The Kier molecular flexibility index (Phi) is 3.30. The largest absolute Gasteiger partial charge is 0.495 e. The lowest BCUT2D eigenvalue weighted by atomic mass is 10.3. The number of anilines is 3. The number of methoxy groups -OCH3 is 1. The van der Waals surface area contributed by atoms with Crippen molar-refractivity contribution >= 4 is 28.9 Å². The maximum absolute atomic E-state index is 5.92. The summed E-state index contributed by atoms with van der Waals surface area (Å²) in [7, 11) is 1.56. The molecule has 0 aliphatic carbocycles. The van der Waals surface area contributed by atoms with Crippen molar-refractivity contribution in [3.63, 3.8) is 0 Å². The highest BCUT2D eigenvalue weighted by Gasteiger charge is 2.03. The lowest BCUT2D eigenvalue weighted by Crippen LogP contribution is -1.98. The van der Waals surface area contributed by atoms with Crippen molar-refractivity contribution in [1.82, 2.24) is 10.2 Å². The van der Waals surface area contributed by atoms with Gasteiger partial charge in [-0.3, -0.25) is 0 Å². The Balaban J connectivity index is 2.21. The zero-order valence-electron chi connectivity index (χ0n) is 9.14. The third-order valence-corrected chi connectivity index (χ3v) is 2.42. The van der Waals surface area contributed by atoms with Gasteiger partial charge >= 0.3 is 0 Å². The third kappa shape index (κ3) is 2.76. The maximum atomic E-state index is 5.92. The first-order valence-electron chi connectivity index (χ1n) is 4.89. The van der Waals surface area contributed by atoms with E-state index in [4.69, 9.17) is 22.1 Å². The fourth-order valence-electron chi connectivity index (χ4n) is 1.29. The monoisotopic (exact) mass is 250 g/mol. The number of hydrogen-bond acceptors (Lipinski definition) is 5. The van der Waals surface area contributed by atoms with Crippen molar-refractivity contribution in [3.05, 3.63) is 35.4 Å². The maximum Gasteiger partial charge on any atom is 0.153 e. The fraction of sp³-hybridized carbons (Fsp3) is 0.0909. The molecule has 1 aromatic heterocycles. The molecule has 5 nitrogen and oxygen atoms in total. The number of rotatable bonds is 3. The summed E-state index contributed by atoms with van der Waals surface area (Å²) in [6.07, 6.45) is 0. The van der Waals surface area contributed by atoms with Crippen molar-refractivity contribution in [2.45, 2.75) is 0 Å². The average Bonchev–Trinajstić information content (AvgIpc) is 2.34. The molecule has 17 heavy (non-hydrogen) atoms. The van der Waals surface area contributed by atoms with E-state index >= 15 is 0 Å². The first-order valence-corrected chi connectivity index (χ1v) is 5.26. The summed E-state index contributed by atoms with van der Waals surface area (Å²) >= 11 is 5.92. The summed E-state index contributed by atoms with van der Waals surface area (Å²) in [5.74, 6) is 1.58. The van der Waals surface area contributed by atoms with Gasteiger partial charge in [-0.05, 0) is 24.3 Å². The van der Waals surface area contributed by atoms with E-state index in [9.17, 15) is 0 Å². The summed E-state index contributed by atoms with van der Waals surface area (Å²) in [4.78, 5) is 0. The first kappa shape index (κ1) is 11.5. The molecular formula is C11H11ClN4O. The Morgan fingerprint density at radius 3 is 2.71 bits per heavy atom. The van der Waals surface area contributed by atoms with Gasteiger partial charge in [-0.1, -0.05) is 11.6 Å². The molecule has 0 spiro atoms. The number of nitrogens with zero attached hydrogens (tertiary/aromatic N) is 2. The van der Waals surface area contributed by atoms with Gasteiger partial charge < -0.3 is 15.8 Å². The van der Waals surface area contributed by atoms with Gasteiger partial charge in [0.15, 0.2) is 5.82 Å². The molecule has 3 N–H and O–H groups in total. The van der Waals surface area contributed by atoms with E-state index < -0.39 is 0 Å². The van der Waals surface area contributed by atoms with Crippen LogP contribution >= 0.6 is 11.6 Å². The van der Waals surface area contributed by atoms with E-state index in [0.717, 1.165) is 5.69 Å². The number of nitrogens with one attached hydrogen (secondary N) is 1. The minimum atomic E-state index is 0.379. The summed E-state index contributed by atoms with van der Waals surface area (Å²) < 4.78 is 5.11. The molecule has 2 rings (SSSR count). The number of aromatic nitrogens is 2. The van der Waals surface area contributed by atoms with E-state index in [-0.39, 0.29) is 0 Å². The van der Waals surface area contributed by atoms with E-state index in [1.807, 2.05) is 6.07 Å². The molecule has 0 atom stereocenters. The highest BCUT2D eigenvalue weighted by Crippen LogP contribution is 2.28. The van der Waals surface area contributed by atoms with E-state index in [0.29, 0.717) is 22.4 Å². The quantitative estimate of drug-likeness (QED) is 0.875. The second kappa shape index (κ2) is 4.88. The summed E-state index contributed by atoms with van der Waals surface area (Å²) in [5.41, 5.74) is 6.26. The normalized spacial score (nSPS) is 10.0. The summed E-state index contributed by atoms with van der Waals surface area (Å²) in [6, 6.07) is 8.75. The van der Waals surface area contributed by atoms with Gasteiger partial charge in [0.25, 0.3) is 0 Å². The Morgan fingerprint density at radius 1 is 1.24 bits per heavy atom. The lowest BCUT2D eigenvalue weighted by molar-refractivity contribution is 0.415. The number of hydrogen-bond donors (Lipinski definition) is 2. The number of benzene rings is 1. The second-order valence-electron chi connectivity index (χ2n) is 3.32. The van der Waals surface area contributed by atoms with Crippen molar-refractivity contribution < 1.29 is 4.74 Å². The Hall–Kier alpha value is -2.01. The van der Waals surface area contributed by atoms with Gasteiger partial charge in [-0.15, -0.1) is 10.2 Å². The topological polar surface area (TPSA) is 73.1 Å².